The summed E-state index contributed by atoms with van der Waals surface area (Å²) in [7, 11) is 0. The third-order valence-corrected chi connectivity index (χ3v) is 11.4. The summed E-state index contributed by atoms with van der Waals surface area (Å²) in [5, 5.41) is 8.80. The summed E-state index contributed by atoms with van der Waals surface area (Å²) in [4.78, 5) is 35.2. The Kier molecular flexibility index (Phi) is 10.6. The van der Waals surface area contributed by atoms with Gasteiger partial charge in [0, 0.05) is 50.8 Å². The molecule has 13 heteroatoms. The first kappa shape index (κ1) is 35.8. The van der Waals surface area contributed by atoms with Crippen LogP contribution in [-0.2, 0) is 0 Å². The third kappa shape index (κ3) is 8.13. The number of aromatic amines is 2. The zero-order valence-electron chi connectivity index (χ0n) is 30.3. The number of isothiocyanates is 1. The van der Waals surface area contributed by atoms with Gasteiger partial charge in [-0.3, -0.25) is 0 Å². The van der Waals surface area contributed by atoms with Gasteiger partial charge in [0.05, 0.1) is 27.2 Å². The molecule has 0 amide bonds. The van der Waals surface area contributed by atoms with Crippen LogP contribution in [0.4, 0.5) is 23.0 Å². The van der Waals surface area contributed by atoms with E-state index in [4.69, 9.17) is 12.2 Å². The van der Waals surface area contributed by atoms with Crippen LogP contribution in [0.1, 0.15) is 51.4 Å². The number of H-pyrrole nitrogens is 2. The molecule has 2 aliphatic heterocycles. The molecule has 6 heterocycles. The lowest BCUT2D eigenvalue weighted by Gasteiger charge is -2.34. The molecule has 6 aromatic rings. The second kappa shape index (κ2) is 16.0. The van der Waals surface area contributed by atoms with Gasteiger partial charge in [-0.15, -0.1) is 0 Å². The number of nitrogens with one attached hydrogen (secondary N) is 3. The van der Waals surface area contributed by atoms with E-state index in [0.717, 1.165) is 82.8 Å². The first-order valence-corrected chi connectivity index (χ1v) is 19.7. The second-order valence-electron chi connectivity index (χ2n) is 14.7. The van der Waals surface area contributed by atoms with Gasteiger partial charge in [-0.1, -0.05) is 42.8 Å². The number of fused-ring (bicyclic) bond motifs is 2. The third-order valence-electron chi connectivity index (χ3n) is 11.0. The van der Waals surface area contributed by atoms with Gasteiger partial charge in [-0.2, -0.15) is 4.99 Å². The molecule has 2 saturated carbocycles. The number of anilines is 3. The van der Waals surface area contributed by atoms with Gasteiger partial charge in [-0.25, -0.2) is 19.9 Å². The van der Waals surface area contributed by atoms with Crippen LogP contribution in [0.25, 0.3) is 22.1 Å². The monoisotopic (exact) mass is 755 g/mol. The normalized spacial score (nSPS) is 18.0. The Morgan fingerprint density at radius 3 is 1.91 bits per heavy atom. The van der Waals surface area contributed by atoms with E-state index in [1.54, 1.807) is 12.7 Å². The average Bonchev–Trinajstić information content (AvgIpc) is 4.08. The maximum Gasteiger partial charge on any atom is 0.173 e. The fraction of sp³-hybridized carbons (Fsp3) is 0.366. The molecule has 3 N–H and O–H groups in total. The molecule has 0 radical (unpaired) electrons. The van der Waals surface area contributed by atoms with Crippen molar-refractivity contribution >= 4 is 79.8 Å². The Bertz CT molecular complexity index is 2220. The van der Waals surface area contributed by atoms with Crippen molar-refractivity contribution in [1.82, 2.24) is 34.8 Å². The van der Waals surface area contributed by atoms with Crippen molar-refractivity contribution in [1.29, 1.82) is 0 Å². The molecule has 4 aliphatic rings. The van der Waals surface area contributed by atoms with Crippen molar-refractivity contribution in [3.63, 3.8) is 0 Å². The average molecular weight is 756 g/mol. The number of aliphatic imine (C=N–C) groups is 1. The Balaban J connectivity index is 0.000000131. The molecular weight excluding hydrogens is 711 g/mol. The van der Waals surface area contributed by atoms with Crippen LogP contribution in [0.5, 0.6) is 0 Å². The van der Waals surface area contributed by atoms with Crippen molar-refractivity contribution in [3.05, 3.63) is 97.8 Å². The summed E-state index contributed by atoms with van der Waals surface area (Å²) in [5.74, 6) is 2.14. The van der Waals surface area contributed by atoms with Gasteiger partial charge in [0.1, 0.15) is 35.6 Å². The molecule has 2 aliphatic carbocycles. The highest BCUT2D eigenvalue weighted by Gasteiger charge is 2.51. The largest absolute Gasteiger partial charge is 0.355 e. The van der Waals surface area contributed by atoms with Crippen molar-refractivity contribution in [2.45, 2.75) is 56.9 Å². The molecule has 0 bridgehead atoms. The Morgan fingerprint density at radius 1 is 0.685 bits per heavy atom. The highest BCUT2D eigenvalue weighted by atomic mass is 32.1. The zero-order chi connectivity index (χ0) is 36.8. The van der Waals surface area contributed by atoms with E-state index in [0.29, 0.717) is 5.41 Å². The summed E-state index contributed by atoms with van der Waals surface area (Å²) in [6, 6.07) is 23.8. The van der Waals surface area contributed by atoms with Crippen molar-refractivity contribution in [2.24, 2.45) is 10.4 Å². The van der Waals surface area contributed by atoms with Gasteiger partial charge < -0.3 is 30.0 Å². The van der Waals surface area contributed by atoms with Gasteiger partial charge in [0.15, 0.2) is 5.11 Å². The molecule has 2 aromatic carbocycles. The molecule has 4 aromatic heterocycles. The summed E-state index contributed by atoms with van der Waals surface area (Å²) < 4.78 is 0. The van der Waals surface area contributed by atoms with Gasteiger partial charge in [-0.05, 0) is 111 Å². The van der Waals surface area contributed by atoms with Gasteiger partial charge in [0.25, 0.3) is 0 Å². The van der Waals surface area contributed by atoms with E-state index < -0.39 is 0 Å². The number of nitrogens with zero attached hydrogens (tertiary/aromatic N) is 8. The zero-order valence-corrected chi connectivity index (χ0v) is 32.0. The first-order chi connectivity index (χ1) is 26.5. The minimum absolute atomic E-state index is 0.114. The summed E-state index contributed by atoms with van der Waals surface area (Å²) >= 11 is 10.2. The van der Waals surface area contributed by atoms with E-state index in [1.807, 2.05) is 60.9 Å². The number of thiocarbonyl (C=S) groups is 2. The Hall–Kier alpha value is -5.23. The van der Waals surface area contributed by atoms with E-state index in [-0.39, 0.29) is 5.54 Å². The van der Waals surface area contributed by atoms with Crippen LogP contribution < -0.4 is 15.1 Å². The number of aromatic nitrogens is 6. The molecule has 10 rings (SSSR count). The lowest BCUT2D eigenvalue weighted by Crippen LogP contribution is -2.48. The molecule has 2 spiro atoms. The van der Waals surface area contributed by atoms with Crippen molar-refractivity contribution < 1.29 is 0 Å². The molecule has 2 saturated heterocycles. The van der Waals surface area contributed by atoms with Crippen LogP contribution in [0.15, 0.2) is 103 Å². The van der Waals surface area contributed by atoms with Crippen LogP contribution in [0, 0.1) is 5.41 Å². The lowest BCUT2D eigenvalue weighted by molar-refractivity contribution is 0.316. The van der Waals surface area contributed by atoms with E-state index >= 15 is 0 Å². The molecule has 11 nitrogen and oxygen atoms in total. The van der Waals surface area contributed by atoms with Crippen molar-refractivity contribution in [3.8, 4) is 0 Å². The Labute approximate surface area is 326 Å². The number of rotatable bonds is 4. The number of benzene rings is 2. The van der Waals surface area contributed by atoms with Crippen molar-refractivity contribution in [2.75, 3.05) is 47.8 Å². The lowest BCUT2D eigenvalue weighted by atomic mass is 10.0. The summed E-state index contributed by atoms with van der Waals surface area (Å²) in [6.07, 6.45) is 17.5. The summed E-state index contributed by atoms with van der Waals surface area (Å²) in [6.45, 7) is 5.21. The second-order valence-corrected chi connectivity index (χ2v) is 15.3. The maximum absolute atomic E-state index is 5.79. The first-order valence-electron chi connectivity index (χ1n) is 18.9. The predicted octanol–water partition coefficient (Wildman–Crippen LogP) is 8.55. The van der Waals surface area contributed by atoms with E-state index in [9.17, 15) is 0 Å². The van der Waals surface area contributed by atoms with Crippen LogP contribution in [-0.4, -0.2) is 83.3 Å². The molecule has 4 fully saturated rings. The molecule has 54 heavy (non-hydrogen) atoms. The molecule has 0 unspecified atom stereocenters. The highest BCUT2D eigenvalue weighted by Crippen LogP contribution is 2.52. The highest BCUT2D eigenvalue weighted by molar-refractivity contribution is 7.80. The summed E-state index contributed by atoms with van der Waals surface area (Å²) in [5.41, 5.74) is 4.48. The molecule has 276 valence electrons. The Morgan fingerprint density at radius 2 is 1.30 bits per heavy atom. The van der Waals surface area contributed by atoms with Gasteiger partial charge >= 0.3 is 0 Å². The number of hydrogen-bond acceptors (Lipinski definition) is 9. The SMILES string of the molecule is S=C(Nc1ccccc1)N1CCCN(c2ncnc3[nH]ccc23)CC12CC2.S=C=Nc1ccccc1.c1nc(N2CCCCC3(CC3)C2)c2cc[nH]c2n1. The standard InChI is InChI=1S/C20H22N6S.C14H18N4.C7H5NS/c27-19(24-15-5-2-1-3-6-15)26-12-4-11-25(13-20(26)8-9-20)18-16-7-10-21-17(16)22-14-23-18;1-2-8-18(9-14(4-1)5-6-14)13-11-3-7-15-12(11)16-10-17-13;9-6-8-7-4-2-1-3-5-7/h1-3,5-7,10,14H,4,8-9,11-13H2,(H,24,27)(H,21,22,23);3,7,10H,1-2,4-6,8-9H2,(H,15,16,17);1-5H. The fourth-order valence-corrected chi connectivity index (χ4v) is 8.38. The minimum Gasteiger partial charge on any atom is -0.355 e. The van der Waals surface area contributed by atoms with Crippen LogP contribution in [0.3, 0.4) is 0 Å². The van der Waals surface area contributed by atoms with Crippen LogP contribution >= 0.6 is 24.4 Å². The minimum atomic E-state index is 0.114. The molecular formula is C41H45N11S2. The topological polar surface area (TPSA) is 117 Å². The van der Waals surface area contributed by atoms with Gasteiger partial charge in [0.2, 0.25) is 0 Å². The molecule has 0 atom stereocenters. The maximum atomic E-state index is 5.79. The predicted molar refractivity (Wildman–Crippen MR) is 225 cm³/mol. The quantitative estimate of drug-likeness (QED) is 0.119. The number of para-hydroxylation sites is 2. The van der Waals surface area contributed by atoms with Crippen LogP contribution in [0.2, 0.25) is 0 Å². The van der Waals surface area contributed by atoms with E-state index in [2.05, 4.69) is 96.6 Å². The number of hydrogen-bond donors (Lipinski definition) is 3. The fourth-order valence-electron chi connectivity index (χ4n) is 7.87. The smallest absolute Gasteiger partial charge is 0.173 e. The van der Waals surface area contributed by atoms with E-state index in [1.165, 1.54) is 51.5 Å².